The maximum atomic E-state index is 3.43. The van der Waals surface area contributed by atoms with Gasteiger partial charge in [-0.25, -0.2) is 0 Å². The first kappa shape index (κ1) is 15.0. The molecule has 0 amide bonds. The lowest BCUT2D eigenvalue weighted by Gasteiger charge is -2.06. The number of hydrogen-bond donors (Lipinski definition) is 1. The van der Waals surface area contributed by atoms with Crippen molar-refractivity contribution in [3.05, 3.63) is 46.5 Å². The molecular formula is C17H27N. The van der Waals surface area contributed by atoms with Crippen LogP contribution < -0.4 is 5.32 Å². The van der Waals surface area contributed by atoms with Crippen molar-refractivity contribution in [2.75, 3.05) is 13.1 Å². The average Bonchev–Trinajstić information content (AvgIpc) is 2.27. The molecule has 0 bridgehead atoms. The molecule has 1 aromatic rings. The third kappa shape index (κ3) is 6.02. The number of rotatable bonds is 7. The van der Waals surface area contributed by atoms with E-state index < -0.39 is 0 Å². The molecule has 0 unspecified atom stereocenters. The lowest BCUT2D eigenvalue weighted by molar-refractivity contribution is 0.677. The first-order valence-electron chi connectivity index (χ1n) is 7.05. The lowest BCUT2D eigenvalue weighted by atomic mass is 10.0. The molecule has 0 fully saturated rings. The van der Waals surface area contributed by atoms with Gasteiger partial charge in [-0.05, 0) is 58.7 Å². The molecular weight excluding hydrogens is 218 g/mol. The predicted octanol–water partition coefficient (Wildman–Crippen LogP) is 4.18. The summed E-state index contributed by atoms with van der Waals surface area (Å²) in [5, 5.41) is 3.43. The van der Waals surface area contributed by atoms with E-state index in [9.17, 15) is 0 Å². The summed E-state index contributed by atoms with van der Waals surface area (Å²) in [6.45, 7) is 11.0. The van der Waals surface area contributed by atoms with Crippen molar-refractivity contribution in [3.8, 4) is 0 Å². The Kier molecular flexibility index (Phi) is 6.74. The van der Waals surface area contributed by atoms with E-state index in [1.165, 1.54) is 28.7 Å². The van der Waals surface area contributed by atoms with Crippen LogP contribution in [0, 0.1) is 13.8 Å². The number of allylic oxidation sites excluding steroid dienone is 1. The van der Waals surface area contributed by atoms with Crippen LogP contribution in [0.15, 0.2) is 29.8 Å². The maximum absolute atomic E-state index is 3.43. The van der Waals surface area contributed by atoms with Gasteiger partial charge in [0.1, 0.15) is 0 Å². The van der Waals surface area contributed by atoms with E-state index in [2.05, 4.69) is 57.3 Å². The van der Waals surface area contributed by atoms with E-state index in [0.717, 1.165) is 25.9 Å². The van der Waals surface area contributed by atoms with Crippen LogP contribution in [0.3, 0.4) is 0 Å². The zero-order chi connectivity index (χ0) is 13.4. The zero-order valence-corrected chi connectivity index (χ0v) is 12.3. The Labute approximate surface area is 112 Å². The molecule has 0 aliphatic carbocycles. The largest absolute Gasteiger partial charge is 0.316 e. The van der Waals surface area contributed by atoms with Crippen molar-refractivity contribution in [2.24, 2.45) is 0 Å². The van der Waals surface area contributed by atoms with Gasteiger partial charge in [0.2, 0.25) is 0 Å². The van der Waals surface area contributed by atoms with Gasteiger partial charge in [0, 0.05) is 0 Å². The fourth-order valence-electron chi connectivity index (χ4n) is 2.29. The predicted molar refractivity (Wildman–Crippen MR) is 81.2 cm³/mol. The van der Waals surface area contributed by atoms with Crippen LogP contribution >= 0.6 is 0 Å². The van der Waals surface area contributed by atoms with E-state index in [1.807, 2.05) is 0 Å². The second-order valence-corrected chi connectivity index (χ2v) is 5.26. The van der Waals surface area contributed by atoms with Crippen LogP contribution in [0.2, 0.25) is 0 Å². The van der Waals surface area contributed by atoms with Crippen LogP contribution in [0.4, 0.5) is 0 Å². The Morgan fingerprint density at radius 3 is 2.39 bits per heavy atom. The number of hydrogen-bond acceptors (Lipinski definition) is 1. The summed E-state index contributed by atoms with van der Waals surface area (Å²) in [6, 6.07) is 6.82. The van der Waals surface area contributed by atoms with E-state index >= 15 is 0 Å². The van der Waals surface area contributed by atoms with Gasteiger partial charge >= 0.3 is 0 Å². The summed E-state index contributed by atoms with van der Waals surface area (Å²) >= 11 is 0. The topological polar surface area (TPSA) is 12.0 Å². The second-order valence-electron chi connectivity index (χ2n) is 5.26. The average molecular weight is 245 g/mol. The van der Waals surface area contributed by atoms with Gasteiger partial charge in [0.05, 0.1) is 0 Å². The molecule has 0 radical (unpaired) electrons. The van der Waals surface area contributed by atoms with Crippen LogP contribution in [-0.2, 0) is 6.42 Å². The standard InChI is InChI=1S/C17H27N/c1-5-8-18-9-6-7-14(2)11-17-12-15(3)10-16(4)13-17/h7,10,12-13,18H,5-6,8-9,11H2,1-4H3. The van der Waals surface area contributed by atoms with Gasteiger partial charge in [0.25, 0.3) is 0 Å². The molecule has 0 atom stereocenters. The lowest BCUT2D eigenvalue weighted by Crippen LogP contribution is -2.15. The molecule has 100 valence electrons. The molecule has 0 saturated heterocycles. The van der Waals surface area contributed by atoms with Gasteiger partial charge in [-0.3, -0.25) is 0 Å². The van der Waals surface area contributed by atoms with Crippen molar-refractivity contribution in [3.63, 3.8) is 0 Å². The normalized spacial score (nSPS) is 11.9. The highest BCUT2D eigenvalue weighted by Crippen LogP contribution is 2.13. The summed E-state index contributed by atoms with van der Waals surface area (Å²) < 4.78 is 0. The SMILES string of the molecule is CCCNCCC=C(C)Cc1cc(C)cc(C)c1. The molecule has 0 aliphatic rings. The molecule has 0 saturated carbocycles. The quantitative estimate of drug-likeness (QED) is 0.561. The molecule has 18 heavy (non-hydrogen) atoms. The van der Waals surface area contributed by atoms with Crippen LogP contribution in [0.1, 0.15) is 43.4 Å². The summed E-state index contributed by atoms with van der Waals surface area (Å²) in [4.78, 5) is 0. The van der Waals surface area contributed by atoms with Crippen molar-refractivity contribution in [1.29, 1.82) is 0 Å². The van der Waals surface area contributed by atoms with Gasteiger partial charge < -0.3 is 5.32 Å². The van der Waals surface area contributed by atoms with E-state index in [-0.39, 0.29) is 0 Å². The molecule has 1 aromatic carbocycles. The minimum Gasteiger partial charge on any atom is -0.316 e. The molecule has 1 N–H and O–H groups in total. The molecule has 0 heterocycles. The second kappa shape index (κ2) is 8.10. The van der Waals surface area contributed by atoms with Crippen LogP contribution in [-0.4, -0.2) is 13.1 Å². The summed E-state index contributed by atoms with van der Waals surface area (Å²) in [5.74, 6) is 0. The van der Waals surface area contributed by atoms with Gasteiger partial charge in [-0.2, -0.15) is 0 Å². The number of aryl methyl sites for hydroxylation is 2. The monoisotopic (exact) mass is 245 g/mol. The first-order chi connectivity index (χ1) is 8.61. The van der Waals surface area contributed by atoms with E-state index in [0.29, 0.717) is 0 Å². The third-order valence-electron chi connectivity index (χ3n) is 3.01. The van der Waals surface area contributed by atoms with Crippen LogP contribution in [0.5, 0.6) is 0 Å². The minimum absolute atomic E-state index is 1.08. The number of nitrogens with one attached hydrogen (secondary N) is 1. The van der Waals surface area contributed by atoms with Crippen molar-refractivity contribution in [2.45, 2.75) is 47.0 Å². The fourth-order valence-corrected chi connectivity index (χ4v) is 2.29. The first-order valence-corrected chi connectivity index (χ1v) is 7.05. The van der Waals surface area contributed by atoms with Crippen molar-refractivity contribution in [1.82, 2.24) is 5.32 Å². The Morgan fingerprint density at radius 1 is 1.11 bits per heavy atom. The fraction of sp³-hybridized carbons (Fsp3) is 0.529. The van der Waals surface area contributed by atoms with E-state index in [1.54, 1.807) is 0 Å². The molecule has 0 aromatic heterocycles. The highest BCUT2D eigenvalue weighted by atomic mass is 14.8. The molecule has 0 spiro atoms. The van der Waals surface area contributed by atoms with Gasteiger partial charge in [-0.1, -0.05) is 47.9 Å². The zero-order valence-electron chi connectivity index (χ0n) is 12.3. The van der Waals surface area contributed by atoms with Crippen molar-refractivity contribution < 1.29 is 0 Å². The number of benzene rings is 1. The Hall–Kier alpha value is -1.08. The minimum atomic E-state index is 1.08. The Bertz CT molecular complexity index is 370. The Morgan fingerprint density at radius 2 is 1.78 bits per heavy atom. The summed E-state index contributed by atoms with van der Waals surface area (Å²) in [6.07, 6.45) is 5.79. The molecule has 1 rings (SSSR count). The highest BCUT2D eigenvalue weighted by Gasteiger charge is 1.97. The molecule has 1 nitrogen and oxygen atoms in total. The van der Waals surface area contributed by atoms with Crippen molar-refractivity contribution >= 4 is 0 Å². The molecule has 0 aliphatic heterocycles. The van der Waals surface area contributed by atoms with E-state index in [4.69, 9.17) is 0 Å². The smallest absolute Gasteiger partial charge is 0.00142 e. The third-order valence-corrected chi connectivity index (χ3v) is 3.01. The van der Waals surface area contributed by atoms with Crippen LogP contribution in [0.25, 0.3) is 0 Å². The highest BCUT2D eigenvalue weighted by molar-refractivity contribution is 5.31. The molecule has 1 heteroatoms. The Balaban J connectivity index is 2.43. The van der Waals surface area contributed by atoms with Gasteiger partial charge in [0.15, 0.2) is 0 Å². The van der Waals surface area contributed by atoms with Gasteiger partial charge in [-0.15, -0.1) is 0 Å². The maximum Gasteiger partial charge on any atom is -0.00142 e. The summed E-state index contributed by atoms with van der Waals surface area (Å²) in [5.41, 5.74) is 5.63. The summed E-state index contributed by atoms with van der Waals surface area (Å²) in [7, 11) is 0.